The monoisotopic (exact) mass is 384 g/mol. The molecular formula is C22H32N4O2. The summed E-state index contributed by atoms with van der Waals surface area (Å²) in [5.74, 6) is 0.338. The van der Waals surface area contributed by atoms with Gasteiger partial charge in [-0.2, -0.15) is 0 Å². The van der Waals surface area contributed by atoms with Crippen LogP contribution >= 0.6 is 0 Å². The molecule has 4 rings (SSSR count). The average Bonchev–Trinajstić information content (AvgIpc) is 3.36. The van der Waals surface area contributed by atoms with Gasteiger partial charge in [0.25, 0.3) is 5.91 Å². The van der Waals surface area contributed by atoms with E-state index in [4.69, 9.17) is 0 Å². The second-order valence-electron chi connectivity index (χ2n) is 8.47. The van der Waals surface area contributed by atoms with Crippen molar-refractivity contribution in [3.8, 4) is 0 Å². The van der Waals surface area contributed by atoms with E-state index >= 15 is 0 Å². The third-order valence-electron chi connectivity index (χ3n) is 6.26. The lowest BCUT2D eigenvalue weighted by Crippen LogP contribution is -2.53. The Morgan fingerprint density at radius 2 is 1.64 bits per heavy atom. The summed E-state index contributed by atoms with van der Waals surface area (Å²) in [5, 5.41) is 3.11. The zero-order valence-electron chi connectivity index (χ0n) is 16.9. The van der Waals surface area contributed by atoms with Gasteiger partial charge < -0.3 is 10.2 Å². The fourth-order valence-electron chi connectivity index (χ4n) is 4.14. The van der Waals surface area contributed by atoms with E-state index in [0.29, 0.717) is 6.04 Å². The highest BCUT2D eigenvalue weighted by Crippen LogP contribution is 2.19. The maximum absolute atomic E-state index is 12.5. The Bertz CT molecular complexity index is 687. The van der Waals surface area contributed by atoms with Crippen LogP contribution in [0.4, 0.5) is 0 Å². The van der Waals surface area contributed by atoms with Gasteiger partial charge >= 0.3 is 0 Å². The second-order valence-corrected chi connectivity index (χ2v) is 8.47. The summed E-state index contributed by atoms with van der Waals surface area (Å²) < 4.78 is 0. The molecule has 6 nitrogen and oxygen atoms in total. The summed E-state index contributed by atoms with van der Waals surface area (Å²) in [4.78, 5) is 31.4. The first-order valence-electron chi connectivity index (χ1n) is 10.7. The summed E-state index contributed by atoms with van der Waals surface area (Å²) in [6, 6.07) is 8.49. The van der Waals surface area contributed by atoms with Gasteiger partial charge in [0.1, 0.15) is 0 Å². The average molecular weight is 385 g/mol. The number of piperazine rings is 1. The van der Waals surface area contributed by atoms with Crippen molar-refractivity contribution in [2.75, 3.05) is 39.3 Å². The molecule has 2 heterocycles. The van der Waals surface area contributed by atoms with Crippen LogP contribution in [0.15, 0.2) is 24.3 Å². The maximum atomic E-state index is 12.5. The van der Waals surface area contributed by atoms with Crippen molar-refractivity contribution in [3.63, 3.8) is 0 Å². The molecule has 1 aromatic rings. The first-order chi connectivity index (χ1) is 13.6. The molecule has 0 bridgehead atoms. The molecule has 1 atom stereocenters. The molecule has 1 aliphatic carbocycles. The van der Waals surface area contributed by atoms with Gasteiger partial charge in [-0.3, -0.25) is 19.4 Å². The van der Waals surface area contributed by atoms with Crippen molar-refractivity contribution in [1.29, 1.82) is 0 Å². The molecular weight excluding hydrogens is 352 g/mol. The molecule has 1 unspecified atom stereocenters. The van der Waals surface area contributed by atoms with Crippen LogP contribution in [0.25, 0.3) is 0 Å². The minimum atomic E-state index is -0.0429. The summed E-state index contributed by atoms with van der Waals surface area (Å²) in [6.45, 7) is 8.47. The molecule has 2 amide bonds. The third-order valence-corrected chi connectivity index (χ3v) is 6.26. The quantitative estimate of drug-likeness (QED) is 0.811. The molecule has 0 spiro atoms. The zero-order valence-corrected chi connectivity index (χ0v) is 16.9. The van der Waals surface area contributed by atoms with Crippen LogP contribution in [-0.4, -0.2) is 77.9 Å². The van der Waals surface area contributed by atoms with Crippen molar-refractivity contribution in [1.82, 2.24) is 20.0 Å². The fourth-order valence-corrected chi connectivity index (χ4v) is 4.14. The van der Waals surface area contributed by atoms with Crippen LogP contribution in [0.3, 0.4) is 0 Å². The van der Waals surface area contributed by atoms with E-state index in [9.17, 15) is 9.59 Å². The molecule has 2 aliphatic heterocycles. The van der Waals surface area contributed by atoms with Crippen molar-refractivity contribution in [2.45, 2.75) is 51.2 Å². The molecule has 1 aromatic carbocycles. The number of amides is 2. The highest BCUT2D eigenvalue weighted by Gasteiger charge is 2.30. The molecule has 1 N–H and O–H groups in total. The molecule has 0 aromatic heterocycles. The SMILES string of the molecule is CC(C(=O)NC1CC1)N1CCN(Cc2ccc(C(=O)N3CCCC3)cc2)CC1. The van der Waals surface area contributed by atoms with Crippen LogP contribution in [0, 0.1) is 0 Å². The largest absolute Gasteiger partial charge is 0.352 e. The van der Waals surface area contributed by atoms with Gasteiger partial charge in [0.2, 0.25) is 5.91 Å². The maximum Gasteiger partial charge on any atom is 0.253 e. The number of likely N-dealkylation sites (tertiary alicyclic amines) is 1. The molecule has 0 radical (unpaired) electrons. The minimum absolute atomic E-state index is 0.0429. The number of nitrogens with zero attached hydrogens (tertiary/aromatic N) is 3. The minimum Gasteiger partial charge on any atom is -0.352 e. The van der Waals surface area contributed by atoms with E-state index in [1.807, 2.05) is 24.0 Å². The van der Waals surface area contributed by atoms with E-state index in [-0.39, 0.29) is 17.9 Å². The van der Waals surface area contributed by atoms with Gasteiger partial charge in [-0.25, -0.2) is 0 Å². The van der Waals surface area contributed by atoms with Crippen LogP contribution in [0.5, 0.6) is 0 Å². The highest BCUT2D eigenvalue weighted by molar-refractivity contribution is 5.94. The van der Waals surface area contributed by atoms with Gasteiger partial charge in [0, 0.05) is 57.4 Å². The van der Waals surface area contributed by atoms with Crippen LogP contribution in [0.2, 0.25) is 0 Å². The van der Waals surface area contributed by atoms with Crippen molar-refractivity contribution < 1.29 is 9.59 Å². The van der Waals surface area contributed by atoms with Gasteiger partial charge in [0.15, 0.2) is 0 Å². The van der Waals surface area contributed by atoms with Crippen LogP contribution < -0.4 is 5.32 Å². The number of hydrogen-bond acceptors (Lipinski definition) is 4. The van der Waals surface area contributed by atoms with E-state index in [1.165, 1.54) is 5.56 Å². The first kappa shape index (κ1) is 19.4. The summed E-state index contributed by atoms with van der Waals surface area (Å²) in [6.07, 6.45) is 4.51. The Morgan fingerprint density at radius 1 is 1.00 bits per heavy atom. The summed E-state index contributed by atoms with van der Waals surface area (Å²) in [7, 11) is 0. The lowest BCUT2D eigenvalue weighted by molar-refractivity contribution is -0.126. The fraction of sp³-hybridized carbons (Fsp3) is 0.636. The van der Waals surface area contributed by atoms with E-state index in [2.05, 4.69) is 27.2 Å². The Morgan fingerprint density at radius 3 is 2.25 bits per heavy atom. The van der Waals surface area contributed by atoms with Crippen molar-refractivity contribution in [2.24, 2.45) is 0 Å². The Hall–Kier alpha value is -1.92. The molecule has 28 heavy (non-hydrogen) atoms. The second kappa shape index (κ2) is 8.62. The van der Waals surface area contributed by atoms with Crippen LogP contribution in [-0.2, 0) is 11.3 Å². The van der Waals surface area contributed by atoms with E-state index in [1.54, 1.807) is 0 Å². The predicted octanol–water partition coefficient (Wildman–Crippen LogP) is 1.71. The number of carbonyl (C=O) groups is 2. The van der Waals surface area contributed by atoms with Gasteiger partial charge in [0.05, 0.1) is 6.04 Å². The van der Waals surface area contributed by atoms with Gasteiger partial charge in [-0.1, -0.05) is 12.1 Å². The zero-order chi connectivity index (χ0) is 19.5. The number of rotatable bonds is 6. The van der Waals surface area contributed by atoms with Crippen LogP contribution in [0.1, 0.15) is 48.5 Å². The molecule has 2 saturated heterocycles. The Kier molecular flexibility index (Phi) is 5.97. The van der Waals surface area contributed by atoms with Crippen molar-refractivity contribution >= 4 is 11.8 Å². The lowest BCUT2D eigenvalue weighted by atomic mass is 10.1. The predicted molar refractivity (Wildman–Crippen MR) is 109 cm³/mol. The molecule has 3 aliphatic rings. The van der Waals surface area contributed by atoms with Gasteiger partial charge in [-0.15, -0.1) is 0 Å². The Balaban J connectivity index is 1.24. The number of carbonyl (C=O) groups excluding carboxylic acids is 2. The third kappa shape index (κ3) is 4.73. The van der Waals surface area contributed by atoms with Crippen molar-refractivity contribution in [3.05, 3.63) is 35.4 Å². The molecule has 6 heteroatoms. The van der Waals surface area contributed by atoms with E-state index < -0.39 is 0 Å². The highest BCUT2D eigenvalue weighted by atomic mass is 16.2. The lowest BCUT2D eigenvalue weighted by Gasteiger charge is -2.37. The molecule has 3 fully saturated rings. The molecule has 1 saturated carbocycles. The number of hydrogen-bond donors (Lipinski definition) is 1. The standard InChI is InChI=1S/C22H32N4O2/c1-17(21(27)23-20-8-9-20)25-14-12-24(13-15-25)16-18-4-6-19(7-5-18)22(28)26-10-2-3-11-26/h4-7,17,20H,2-3,8-16H2,1H3,(H,23,27). The summed E-state index contributed by atoms with van der Waals surface area (Å²) in [5.41, 5.74) is 2.04. The number of nitrogens with one attached hydrogen (secondary N) is 1. The normalized spacial score (nSPS) is 22.2. The topological polar surface area (TPSA) is 55.9 Å². The van der Waals surface area contributed by atoms with Gasteiger partial charge in [-0.05, 0) is 50.3 Å². The number of benzene rings is 1. The Labute approximate surface area is 167 Å². The summed E-state index contributed by atoms with van der Waals surface area (Å²) >= 11 is 0. The van der Waals surface area contributed by atoms with E-state index in [0.717, 1.165) is 77.1 Å². The first-order valence-corrected chi connectivity index (χ1v) is 10.7. The smallest absolute Gasteiger partial charge is 0.253 e. The molecule has 152 valence electrons.